The maximum Gasteiger partial charge on any atom is 0.251 e. The Labute approximate surface area is 149 Å². The molecule has 0 radical (unpaired) electrons. The molecule has 25 heavy (non-hydrogen) atoms. The summed E-state index contributed by atoms with van der Waals surface area (Å²) < 4.78 is 0. The van der Waals surface area contributed by atoms with E-state index in [4.69, 9.17) is 0 Å². The first kappa shape index (κ1) is 16.1. The molecule has 1 amide bonds. The summed E-state index contributed by atoms with van der Waals surface area (Å²) >= 11 is 0. The second-order valence-corrected chi connectivity index (χ2v) is 7.39. The zero-order chi connectivity index (χ0) is 17.4. The van der Waals surface area contributed by atoms with Gasteiger partial charge >= 0.3 is 0 Å². The van der Waals surface area contributed by atoms with Crippen LogP contribution >= 0.6 is 0 Å². The zero-order valence-corrected chi connectivity index (χ0v) is 14.9. The third-order valence-corrected chi connectivity index (χ3v) is 5.53. The molecule has 1 saturated heterocycles. The normalized spacial score (nSPS) is 25.0. The number of amides is 1. The largest absolute Gasteiger partial charge is 0.337 e. The number of aryl methyl sites for hydroxylation is 1. The van der Waals surface area contributed by atoms with E-state index in [0.717, 1.165) is 30.8 Å². The lowest BCUT2D eigenvalue weighted by Crippen LogP contribution is -3.11. The van der Waals surface area contributed by atoms with Crippen LogP contribution in [0.1, 0.15) is 29.0 Å². The summed E-state index contributed by atoms with van der Waals surface area (Å²) in [5, 5.41) is 0. The molecule has 3 nitrogen and oxygen atoms in total. The van der Waals surface area contributed by atoms with E-state index in [1.54, 1.807) is 11.0 Å². The number of hydrogen-bond donors (Lipinski definition) is 1. The Balaban J connectivity index is 1.66. The number of rotatable bonds is 2. The monoisotopic (exact) mass is 333 g/mol. The van der Waals surface area contributed by atoms with Crippen molar-refractivity contribution in [2.45, 2.75) is 25.3 Å². The van der Waals surface area contributed by atoms with Crippen LogP contribution in [-0.2, 0) is 4.79 Å². The SMILES string of the molecule is Cc1ccc2c(c1)[C@@H]1C[NH+](C)CC[C@H]1N2C(=O)/C=C/c1ccccc1. The molecule has 1 fully saturated rings. The summed E-state index contributed by atoms with van der Waals surface area (Å²) in [7, 11) is 2.26. The molecule has 2 aromatic carbocycles. The molecular formula is C22H25N2O+. The number of carbonyl (C=O) groups excluding carboxylic acids is 1. The number of carbonyl (C=O) groups is 1. The van der Waals surface area contributed by atoms with E-state index in [1.165, 1.54) is 11.1 Å². The van der Waals surface area contributed by atoms with Gasteiger partial charge in [0.25, 0.3) is 5.91 Å². The van der Waals surface area contributed by atoms with Gasteiger partial charge in [0.1, 0.15) is 0 Å². The van der Waals surface area contributed by atoms with Gasteiger partial charge in [-0.05, 0) is 30.2 Å². The van der Waals surface area contributed by atoms with Crippen LogP contribution in [0.3, 0.4) is 0 Å². The number of quaternary nitrogens is 1. The van der Waals surface area contributed by atoms with Gasteiger partial charge in [-0.15, -0.1) is 0 Å². The molecule has 2 aliphatic heterocycles. The Morgan fingerprint density at radius 1 is 1.20 bits per heavy atom. The second-order valence-electron chi connectivity index (χ2n) is 7.39. The molecule has 0 bridgehead atoms. The van der Waals surface area contributed by atoms with Gasteiger partial charge in [0, 0.05) is 18.2 Å². The molecule has 0 saturated carbocycles. The van der Waals surface area contributed by atoms with E-state index in [1.807, 2.05) is 41.3 Å². The Morgan fingerprint density at radius 3 is 2.80 bits per heavy atom. The van der Waals surface area contributed by atoms with Gasteiger partial charge in [0.15, 0.2) is 0 Å². The Morgan fingerprint density at radius 2 is 2.00 bits per heavy atom. The average Bonchev–Trinajstić information content (AvgIpc) is 2.93. The minimum atomic E-state index is 0.0982. The molecule has 3 heteroatoms. The number of piperidine rings is 1. The molecule has 0 spiro atoms. The van der Waals surface area contributed by atoms with E-state index in [-0.39, 0.29) is 5.91 Å². The summed E-state index contributed by atoms with van der Waals surface area (Å²) in [5.41, 5.74) is 4.79. The predicted octanol–water partition coefficient (Wildman–Crippen LogP) is 2.43. The number of nitrogens with one attached hydrogen (secondary N) is 1. The Hall–Kier alpha value is -2.39. The van der Waals surface area contributed by atoms with Gasteiger partial charge in [-0.25, -0.2) is 0 Å². The van der Waals surface area contributed by atoms with Crippen molar-refractivity contribution in [1.29, 1.82) is 0 Å². The number of likely N-dealkylation sites (tertiary alicyclic amines) is 1. The number of nitrogens with zero attached hydrogens (tertiary/aromatic N) is 1. The highest BCUT2D eigenvalue weighted by Gasteiger charge is 2.45. The molecule has 128 valence electrons. The molecule has 2 aromatic rings. The molecule has 0 aromatic heterocycles. The van der Waals surface area contributed by atoms with Crippen molar-refractivity contribution >= 4 is 17.7 Å². The summed E-state index contributed by atoms with van der Waals surface area (Å²) in [5.74, 6) is 0.554. The van der Waals surface area contributed by atoms with Crippen LogP contribution < -0.4 is 9.80 Å². The van der Waals surface area contributed by atoms with Crippen LogP contribution in [0.5, 0.6) is 0 Å². The highest BCUT2D eigenvalue weighted by molar-refractivity contribution is 6.06. The van der Waals surface area contributed by atoms with Crippen molar-refractivity contribution in [3.05, 3.63) is 71.3 Å². The summed E-state index contributed by atoms with van der Waals surface area (Å²) in [4.78, 5) is 16.6. The van der Waals surface area contributed by atoms with Crippen molar-refractivity contribution in [1.82, 2.24) is 0 Å². The maximum atomic E-state index is 13.0. The fraction of sp³-hybridized carbons (Fsp3) is 0.318. The maximum absolute atomic E-state index is 13.0. The highest BCUT2D eigenvalue weighted by Crippen LogP contribution is 2.43. The first-order valence-corrected chi connectivity index (χ1v) is 9.11. The first-order chi connectivity index (χ1) is 12.1. The van der Waals surface area contributed by atoms with E-state index in [2.05, 4.69) is 32.2 Å². The van der Waals surface area contributed by atoms with Gasteiger partial charge in [-0.1, -0.05) is 48.0 Å². The van der Waals surface area contributed by atoms with E-state index in [9.17, 15) is 4.79 Å². The number of fused-ring (bicyclic) bond motifs is 3. The lowest BCUT2D eigenvalue weighted by molar-refractivity contribution is -0.886. The number of likely N-dealkylation sites (N-methyl/N-ethyl adjacent to an activating group) is 1. The van der Waals surface area contributed by atoms with Crippen molar-refractivity contribution in [3.63, 3.8) is 0 Å². The molecule has 1 N–H and O–H groups in total. The number of hydrogen-bond acceptors (Lipinski definition) is 1. The van der Waals surface area contributed by atoms with Crippen molar-refractivity contribution in [2.75, 3.05) is 25.0 Å². The molecule has 2 heterocycles. The van der Waals surface area contributed by atoms with E-state index < -0.39 is 0 Å². The molecular weight excluding hydrogens is 308 g/mol. The van der Waals surface area contributed by atoms with E-state index in [0.29, 0.717) is 12.0 Å². The fourth-order valence-electron chi connectivity index (χ4n) is 4.30. The molecule has 4 rings (SSSR count). The fourth-order valence-corrected chi connectivity index (χ4v) is 4.30. The minimum Gasteiger partial charge on any atom is -0.337 e. The minimum absolute atomic E-state index is 0.0982. The van der Waals surface area contributed by atoms with Gasteiger partial charge in [0.05, 0.1) is 32.1 Å². The van der Waals surface area contributed by atoms with Crippen molar-refractivity contribution in [2.24, 2.45) is 0 Å². The Kier molecular flexibility index (Phi) is 4.18. The lowest BCUT2D eigenvalue weighted by Gasteiger charge is -2.34. The van der Waals surface area contributed by atoms with Crippen molar-refractivity contribution in [3.8, 4) is 0 Å². The third kappa shape index (κ3) is 3.00. The van der Waals surface area contributed by atoms with Crippen LogP contribution in [-0.4, -0.2) is 32.1 Å². The zero-order valence-electron chi connectivity index (χ0n) is 14.9. The summed E-state index contributed by atoms with van der Waals surface area (Å²) in [6, 6.07) is 16.8. The number of benzene rings is 2. The molecule has 2 aliphatic rings. The predicted molar refractivity (Wildman–Crippen MR) is 102 cm³/mol. The topological polar surface area (TPSA) is 24.8 Å². The Bertz CT molecular complexity index is 812. The molecule has 3 atom stereocenters. The van der Waals surface area contributed by atoms with Crippen molar-refractivity contribution < 1.29 is 9.69 Å². The van der Waals surface area contributed by atoms with Crippen LogP contribution in [0, 0.1) is 6.92 Å². The lowest BCUT2D eigenvalue weighted by atomic mass is 9.89. The van der Waals surface area contributed by atoms with E-state index >= 15 is 0 Å². The van der Waals surface area contributed by atoms with Gasteiger partial charge in [0.2, 0.25) is 0 Å². The molecule has 0 aliphatic carbocycles. The average molecular weight is 333 g/mol. The standard InChI is InChI=1S/C22H24N2O/c1-16-8-10-20-18(14-16)19-15-23(2)13-12-21(19)24(20)22(25)11-9-17-6-4-3-5-7-17/h3-11,14,19,21H,12-13,15H2,1-2H3/p+1/b11-9+/t19-,21+/m0/s1. The van der Waals surface area contributed by atoms with Crippen LogP contribution in [0.4, 0.5) is 5.69 Å². The van der Waals surface area contributed by atoms with Crippen LogP contribution in [0.25, 0.3) is 6.08 Å². The smallest absolute Gasteiger partial charge is 0.251 e. The highest BCUT2D eigenvalue weighted by atomic mass is 16.2. The third-order valence-electron chi connectivity index (χ3n) is 5.53. The van der Waals surface area contributed by atoms with Crippen LogP contribution in [0.2, 0.25) is 0 Å². The summed E-state index contributed by atoms with van der Waals surface area (Å²) in [6.07, 6.45) is 4.71. The van der Waals surface area contributed by atoms with Gasteiger partial charge in [-0.2, -0.15) is 0 Å². The first-order valence-electron chi connectivity index (χ1n) is 9.11. The summed E-state index contributed by atoms with van der Waals surface area (Å²) in [6.45, 7) is 4.36. The van der Waals surface area contributed by atoms with Crippen LogP contribution in [0.15, 0.2) is 54.6 Å². The van der Waals surface area contributed by atoms with Gasteiger partial charge in [-0.3, -0.25) is 4.79 Å². The quantitative estimate of drug-likeness (QED) is 0.839. The molecule has 1 unspecified atom stereocenters. The van der Waals surface area contributed by atoms with Gasteiger partial charge < -0.3 is 9.80 Å². The second kappa shape index (κ2) is 6.49. The number of anilines is 1.